The number of hydrogen-bond acceptors (Lipinski definition) is 3. The van der Waals surface area contributed by atoms with Crippen molar-refractivity contribution in [3.8, 4) is 0 Å². The average Bonchev–Trinajstić information content (AvgIpc) is 2.85. The van der Waals surface area contributed by atoms with Gasteiger partial charge in [-0.3, -0.25) is 10.2 Å². The van der Waals surface area contributed by atoms with E-state index in [4.69, 9.17) is 12.2 Å². The Morgan fingerprint density at radius 3 is 2.45 bits per heavy atom. The number of nitrogens with zero attached hydrogens (tertiary/aromatic N) is 1. The van der Waals surface area contributed by atoms with Crippen LogP contribution in [0.4, 0.5) is 5.69 Å². The molecule has 0 spiro atoms. The SMILES string of the molecule is Cc1ccc(NC(=S)N/N=C2\C(=O)C3CCC2C3(C)C)cc1. The van der Waals surface area contributed by atoms with Crippen molar-refractivity contribution < 1.29 is 4.79 Å². The number of fused-ring (bicyclic) bond motifs is 2. The zero-order chi connectivity index (χ0) is 15.9. The summed E-state index contributed by atoms with van der Waals surface area (Å²) >= 11 is 5.24. The molecule has 2 atom stereocenters. The Hall–Kier alpha value is -1.75. The third kappa shape index (κ3) is 2.54. The zero-order valence-electron chi connectivity index (χ0n) is 13.1. The highest BCUT2D eigenvalue weighted by atomic mass is 32.1. The lowest BCUT2D eigenvalue weighted by atomic mass is 9.82. The van der Waals surface area contributed by atoms with Gasteiger partial charge < -0.3 is 5.32 Å². The lowest BCUT2D eigenvalue weighted by Crippen LogP contribution is -2.29. The number of ketones is 1. The van der Waals surface area contributed by atoms with Gasteiger partial charge in [-0.2, -0.15) is 5.10 Å². The normalized spacial score (nSPS) is 27.2. The first kappa shape index (κ1) is 15.2. The fraction of sp³-hybridized carbons (Fsp3) is 0.471. The number of nitrogens with one attached hydrogen (secondary N) is 2. The summed E-state index contributed by atoms with van der Waals surface area (Å²) in [6, 6.07) is 7.95. The molecule has 3 rings (SSSR count). The van der Waals surface area contributed by atoms with Gasteiger partial charge in [-0.25, -0.2) is 0 Å². The number of carbonyl (C=O) groups is 1. The van der Waals surface area contributed by atoms with E-state index in [1.54, 1.807) is 0 Å². The van der Waals surface area contributed by atoms with Crippen LogP contribution >= 0.6 is 12.2 Å². The second-order valence-corrected chi connectivity index (χ2v) is 7.21. The van der Waals surface area contributed by atoms with E-state index in [1.165, 1.54) is 5.56 Å². The minimum atomic E-state index is 0.0314. The van der Waals surface area contributed by atoms with E-state index >= 15 is 0 Å². The maximum Gasteiger partial charge on any atom is 0.191 e. The van der Waals surface area contributed by atoms with Crippen molar-refractivity contribution in [2.24, 2.45) is 22.4 Å². The Balaban J connectivity index is 1.66. The molecule has 2 aliphatic carbocycles. The molecule has 0 aromatic heterocycles. The van der Waals surface area contributed by atoms with E-state index in [1.807, 2.05) is 31.2 Å². The topological polar surface area (TPSA) is 53.5 Å². The molecule has 0 heterocycles. The Labute approximate surface area is 136 Å². The van der Waals surface area contributed by atoms with E-state index in [9.17, 15) is 4.79 Å². The van der Waals surface area contributed by atoms with Gasteiger partial charge >= 0.3 is 0 Å². The van der Waals surface area contributed by atoms with Gasteiger partial charge in [-0.1, -0.05) is 31.5 Å². The standard InChI is InChI=1S/C17H21N3OS/c1-10-4-6-11(7-5-10)18-16(22)20-19-14-12-8-9-13(15(14)21)17(12,2)3/h4-7,12-13H,8-9H2,1-3H3,(H2,18,20,22)/b19-14-. The second-order valence-electron chi connectivity index (χ2n) is 6.80. The first-order valence-corrected chi connectivity index (χ1v) is 8.06. The second kappa shape index (κ2) is 5.47. The third-order valence-electron chi connectivity index (χ3n) is 5.03. The smallest absolute Gasteiger partial charge is 0.191 e. The molecule has 4 nitrogen and oxygen atoms in total. The number of thiocarbonyl (C=S) groups is 1. The number of hydrazone groups is 1. The summed E-state index contributed by atoms with van der Waals surface area (Å²) in [7, 11) is 0. The molecule has 2 saturated carbocycles. The molecule has 5 heteroatoms. The molecule has 0 aliphatic heterocycles. The number of rotatable bonds is 2. The zero-order valence-corrected chi connectivity index (χ0v) is 14.0. The predicted octanol–water partition coefficient (Wildman–Crippen LogP) is 3.27. The molecule has 1 aromatic carbocycles. The molecule has 22 heavy (non-hydrogen) atoms. The van der Waals surface area contributed by atoms with Crippen LogP contribution in [0.3, 0.4) is 0 Å². The number of carbonyl (C=O) groups excluding carboxylic acids is 1. The van der Waals surface area contributed by atoms with E-state index < -0.39 is 0 Å². The fourth-order valence-electron chi connectivity index (χ4n) is 3.67. The minimum Gasteiger partial charge on any atom is -0.331 e. The van der Waals surface area contributed by atoms with Crippen LogP contribution in [0.1, 0.15) is 32.3 Å². The molecule has 0 amide bonds. The maximum atomic E-state index is 12.4. The Morgan fingerprint density at radius 2 is 1.86 bits per heavy atom. The van der Waals surface area contributed by atoms with E-state index in [-0.39, 0.29) is 23.0 Å². The number of aryl methyl sites for hydroxylation is 1. The molecule has 2 bridgehead atoms. The largest absolute Gasteiger partial charge is 0.331 e. The van der Waals surface area contributed by atoms with Gasteiger partial charge in [0.15, 0.2) is 10.9 Å². The molecule has 2 N–H and O–H groups in total. The van der Waals surface area contributed by atoms with Crippen molar-refractivity contribution in [3.63, 3.8) is 0 Å². The fourth-order valence-corrected chi connectivity index (χ4v) is 3.83. The van der Waals surface area contributed by atoms with Gasteiger partial charge in [0.05, 0.1) is 0 Å². The molecule has 0 radical (unpaired) electrons. The van der Waals surface area contributed by atoms with E-state index in [0.29, 0.717) is 10.8 Å². The Morgan fingerprint density at radius 1 is 1.23 bits per heavy atom. The van der Waals surface area contributed by atoms with Gasteiger partial charge in [0.1, 0.15) is 5.71 Å². The molecule has 2 aliphatic rings. The predicted molar refractivity (Wildman–Crippen MR) is 93.0 cm³/mol. The van der Waals surface area contributed by atoms with Crippen LogP contribution in [0.2, 0.25) is 0 Å². The Bertz CT molecular complexity index is 648. The molecule has 116 valence electrons. The summed E-state index contributed by atoms with van der Waals surface area (Å²) in [5.74, 6) is 0.559. The van der Waals surface area contributed by atoms with Crippen molar-refractivity contribution in [1.82, 2.24) is 5.43 Å². The van der Waals surface area contributed by atoms with Crippen LogP contribution < -0.4 is 10.7 Å². The van der Waals surface area contributed by atoms with Crippen molar-refractivity contribution in [2.45, 2.75) is 33.6 Å². The van der Waals surface area contributed by atoms with Crippen LogP contribution in [-0.2, 0) is 4.79 Å². The first-order chi connectivity index (χ1) is 10.4. The van der Waals surface area contributed by atoms with Crippen molar-refractivity contribution in [2.75, 3.05) is 5.32 Å². The number of anilines is 1. The summed E-state index contributed by atoms with van der Waals surface area (Å²) < 4.78 is 0. The van der Waals surface area contributed by atoms with Gasteiger partial charge in [-0.15, -0.1) is 0 Å². The van der Waals surface area contributed by atoms with Crippen LogP contribution in [0.25, 0.3) is 0 Å². The van der Waals surface area contributed by atoms with E-state index in [0.717, 1.165) is 18.5 Å². The molecule has 2 unspecified atom stereocenters. The quantitative estimate of drug-likeness (QED) is 0.649. The van der Waals surface area contributed by atoms with Crippen molar-refractivity contribution >= 4 is 34.5 Å². The average molecular weight is 315 g/mol. The van der Waals surface area contributed by atoms with Gasteiger partial charge in [-0.05, 0) is 49.5 Å². The van der Waals surface area contributed by atoms with Crippen molar-refractivity contribution in [1.29, 1.82) is 0 Å². The minimum absolute atomic E-state index is 0.0314. The van der Waals surface area contributed by atoms with Crippen LogP contribution in [-0.4, -0.2) is 16.6 Å². The maximum absolute atomic E-state index is 12.4. The number of hydrogen-bond donors (Lipinski definition) is 2. The lowest BCUT2D eigenvalue weighted by Gasteiger charge is -2.21. The summed E-state index contributed by atoms with van der Waals surface area (Å²) in [6.07, 6.45) is 2.03. The summed E-state index contributed by atoms with van der Waals surface area (Å²) in [5, 5.41) is 7.79. The third-order valence-corrected chi connectivity index (χ3v) is 5.22. The van der Waals surface area contributed by atoms with Crippen LogP contribution in [0.15, 0.2) is 29.4 Å². The molecule has 0 saturated heterocycles. The van der Waals surface area contributed by atoms with Crippen LogP contribution in [0, 0.1) is 24.2 Å². The summed E-state index contributed by atoms with van der Waals surface area (Å²) in [6.45, 7) is 6.37. The summed E-state index contributed by atoms with van der Waals surface area (Å²) in [4.78, 5) is 12.4. The van der Waals surface area contributed by atoms with Gasteiger partial charge in [0.2, 0.25) is 0 Å². The molecular weight excluding hydrogens is 294 g/mol. The van der Waals surface area contributed by atoms with Crippen LogP contribution in [0.5, 0.6) is 0 Å². The summed E-state index contributed by atoms with van der Waals surface area (Å²) in [5.41, 5.74) is 5.62. The highest BCUT2D eigenvalue weighted by Gasteiger charge is 2.57. The molecule has 1 aromatic rings. The van der Waals surface area contributed by atoms with E-state index in [2.05, 4.69) is 29.7 Å². The Kier molecular flexibility index (Phi) is 3.77. The van der Waals surface area contributed by atoms with Crippen molar-refractivity contribution in [3.05, 3.63) is 29.8 Å². The molecule has 2 fully saturated rings. The first-order valence-electron chi connectivity index (χ1n) is 7.65. The van der Waals surface area contributed by atoms with Gasteiger partial charge in [0.25, 0.3) is 0 Å². The monoisotopic (exact) mass is 315 g/mol. The highest BCUT2D eigenvalue weighted by Crippen LogP contribution is 2.54. The lowest BCUT2D eigenvalue weighted by molar-refractivity contribution is -0.117. The highest BCUT2D eigenvalue weighted by molar-refractivity contribution is 7.80. The van der Waals surface area contributed by atoms with Gasteiger partial charge in [0, 0.05) is 17.5 Å². The number of benzene rings is 1. The number of Topliss-reactive ketones (excluding diaryl/α,β-unsaturated/α-hetero) is 1. The molecular formula is C17H21N3OS.